The molecule has 1 aliphatic heterocycles. The van der Waals surface area contributed by atoms with Crippen LogP contribution in [0, 0.1) is 0 Å². The normalized spacial score (nSPS) is 14.0. The van der Waals surface area contributed by atoms with Gasteiger partial charge in [0.1, 0.15) is 19.5 Å². The lowest BCUT2D eigenvalue weighted by atomic mass is 10.0. The monoisotopic (exact) mass is 333 g/mol. The maximum atomic E-state index is 12.5. The zero-order chi connectivity index (χ0) is 17.6. The molecule has 130 valence electrons. The highest BCUT2D eigenvalue weighted by Gasteiger charge is 2.28. The van der Waals surface area contributed by atoms with Crippen molar-refractivity contribution in [2.75, 3.05) is 19.8 Å². The molecular weight excluding hydrogens is 310 g/mol. The molecule has 1 aliphatic rings. The van der Waals surface area contributed by atoms with Gasteiger partial charge in [-0.05, 0) is 26.3 Å². The average Bonchev–Trinajstić information content (AvgIpc) is 2.58. The van der Waals surface area contributed by atoms with Crippen molar-refractivity contribution in [3.05, 3.63) is 47.9 Å². The predicted octanol–water partition coefficient (Wildman–Crippen LogP) is 2.25. The molecule has 1 aromatic rings. The molecule has 0 saturated carbocycles. The Kier molecular flexibility index (Phi) is 5.84. The van der Waals surface area contributed by atoms with Crippen LogP contribution in [-0.2, 0) is 30.3 Å². The zero-order valence-corrected chi connectivity index (χ0v) is 14.3. The molecule has 0 saturated heterocycles. The molecule has 6 heteroatoms. The SMILES string of the molecule is CC(C)(C)N(Cc1ccccc1)C(=O)COC(=O)C1=COCCO1. The van der Waals surface area contributed by atoms with Crippen molar-refractivity contribution in [3.8, 4) is 0 Å². The van der Waals surface area contributed by atoms with Crippen LogP contribution in [0.4, 0.5) is 0 Å². The lowest BCUT2D eigenvalue weighted by Gasteiger charge is -2.35. The van der Waals surface area contributed by atoms with Crippen molar-refractivity contribution in [2.45, 2.75) is 32.9 Å². The molecule has 24 heavy (non-hydrogen) atoms. The van der Waals surface area contributed by atoms with Gasteiger partial charge in [0.05, 0.1) is 0 Å². The molecule has 0 radical (unpaired) electrons. The average molecular weight is 333 g/mol. The predicted molar refractivity (Wildman–Crippen MR) is 87.7 cm³/mol. The van der Waals surface area contributed by atoms with E-state index in [0.717, 1.165) is 5.56 Å². The Morgan fingerprint density at radius 3 is 2.46 bits per heavy atom. The van der Waals surface area contributed by atoms with Gasteiger partial charge in [0.15, 0.2) is 6.61 Å². The van der Waals surface area contributed by atoms with Crippen LogP contribution in [0.3, 0.4) is 0 Å². The number of nitrogens with zero attached hydrogens (tertiary/aromatic N) is 1. The topological polar surface area (TPSA) is 65.1 Å². The first-order valence-electron chi connectivity index (χ1n) is 7.84. The van der Waals surface area contributed by atoms with Gasteiger partial charge < -0.3 is 19.1 Å². The smallest absolute Gasteiger partial charge is 0.377 e. The first-order chi connectivity index (χ1) is 11.4. The number of esters is 1. The van der Waals surface area contributed by atoms with E-state index in [0.29, 0.717) is 13.2 Å². The standard InChI is InChI=1S/C18H23NO5/c1-18(2,3)19(11-14-7-5-4-6-8-14)16(20)13-24-17(21)15-12-22-9-10-23-15/h4-8,12H,9-11,13H2,1-3H3. The summed E-state index contributed by atoms with van der Waals surface area (Å²) in [6.45, 7) is 6.61. The maximum Gasteiger partial charge on any atom is 0.377 e. The van der Waals surface area contributed by atoms with Crippen LogP contribution in [0.15, 0.2) is 42.4 Å². The van der Waals surface area contributed by atoms with Crippen LogP contribution in [0.25, 0.3) is 0 Å². The number of ether oxygens (including phenoxy) is 3. The van der Waals surface area contributed by atoms with Crippen LogP contribution in [0.1, 0.15) is 26.3 Å². The highest BCUT2D eigenvalue weighted by molar-refractivity contribution is 5.88. The third-order valence-electron chi connectivity index (χ3n) is 3.47. The molecule has 0 aromatic heterocycles. The van der Waals surface area contributed by atoms with E-state index in [1.54, 1.807) is 4.90 Å². The molecule has 0 unspecified atom stereocenters. The summed E-state index contributed by atoms with van der Waals surface area (Å²) < 4.78 is 15.2. The van der Waals surface area contributed by atoms with E-state index < -0.39 is 11.5 Å². The molecule has 1 heterocycles. The summed E-state index contributed by atoms with van der Waals surface area (Å²) in [6, 6.07) is 9.68. The first kappa shape index (κ1) is 17.8. The zero-order valence-electron chi connectivity index (χ0n) is 14.3. The number of rotatable bonds is 5. The summed E-state index contributed by atoms with van der Waals surface area (Å²) in [4.78, 5) is 26.1. The van der Waals surface area contributed by atoms with E-state index >= 15 is 0 Å². The quantitative estimate of drug-likeness (QED) is 0.773. The summed E-state index contributed by atoms with van der Waals surface area (Å²) in [6.07, 6.45) is 1.21. The number of benzene rings is 1. The third kappa shape index (κ3) is 5.01. The van der Waals surface area contributed by atoms with Crippen LogP contribution >= 0.6 is 0 Å². The van der Waals surface area contributed by atoms with Gasteiger partial charge in [-0.2, -0.15) is 0 Å². The molecule has 0 atom stereocenters. The second kappa shape index (κ2) is 7.86. The highest BCUT2D eigenvalue weighted by atomic mass is 16.6. The van der Waals surface area contributed by atoms with Gasteiger partial charge in [-0.25, -0.2) is 4.79 Å². The van der Waals surface area contributed by atoms with Crippen LogP contribution in [0.2, 0.25) is 0 Å². The second-order valence-corrected chi connectivity index (χ2v) is 6.41. The number of carbonyl (C=O) groups is 2. The van der Waals surface area contributed by atoms with E-state index in [9.17, 15) is 9.59 Å². The molecule has 0 aliphatic carbocycles. The van der Waals surface area contributed by atoms with E-state index in [-0.39, 0.29) is 24.9 Å². The molecule has 6 nitrogen and oxygen atoms in total. The second-order valence-electron chi connectivity index (χ2n) is 6.41. The highest BCUT2D eigenvalue weighted by Crippen LogP contribution is 2.18. The van der Waals surface area contributed by atoms with Gasteiger partial charge >= 0.3 is 5.97 Å². The number of hydrogen-bond donors (Lipinski definition) is 0. The minimum atomic E-state index is -0.698. The molecule has 0 spiro atoms. The first-order valence-corrected chi connectivity index (χ1v) is 7.84. The number of hydrogen-bond acceptors (Lipinski definition) is 5. The molecule has 1 amide bonds. The third-order valence-corrected chi connectivity index (χ3v) is 3.47. The Labute approximate surface area is 142 Å². The van der Waals surface area contributed by atoms with E-state index in [1.165, 1.54) is 6.26 Å². The Morgan fingerprint density at radius 2 is 1.88 bits per heavy atom. The van der Waals surface area contributed by atoms with Crippen molar-refractivity contribution in [2.24, 2.45) is 0 Å². The molecule has 0 fully saturated rings. The van der Waals surface area contributed by atoms with Gasteiger partial charge in [-0.15, -0.1) is 0 Å². The summed E-state index contributed by atoms with van der Waals surface area (Å²) in [5.41, 5.74) is 0.613. The molecule has 2 rings (SSSR count). The van der Waals surface area contributed by atoms with Crippen molar-refractivity contribution >= 4 is 11.9 Å². The lowest BCUT2D eigenvalue weighted by Crippen LogP contribution is -2.47. The minimum absolute atomic E-state index is 0.0144. The molecular formula is C18H23NO5. The Hall–Kier alpha value is -2.50. The minimum Gasteiger partial charge on any atom is -0.493 e. The number of amides is 1. The van der Waals surface area contributed by atoms with Crippen molar-refractivity contribution < 1.29 is 23.8 Å². The summed E-state index contributed by atoms with van der Waals surface area (Å²) in [5.74, 6) is -0.979. The lowest BCUT2D eigenvalue weighted by molar-refractivity contribution is -0.155. The van der Waals surface area contributed by atoms with E-state index in [2.05, 4.69) is 0 Å². The Balaban J connectivity index is 1.97. The van der Waals surface area contributed by atoms with Crippen molar-refractivity contribution in [1.82, 2.24) is 4.90 Å². The molecule has 0 bridgehead atoms. The fourth-order valence-electron chi connectivity index (χ4n) is 2.22. The Morgan fingerprint density at radius 1 is 1.17 bits per heavy atom. The van der Waals surface area contributed by atoms with Gasteiger partial charge in [-0.3, -0.25) is 4.79 Å². The Bertz CT molecular complexity index is 604. The summed E-state index contributed by atoms with van der Waals surface area (Å²) in [7, 11) is 0. The fourth-order valence-corrected chi connectivity index (χ4v) is 2.22. The van der Waals surface area contributed by atoms with Crippen molar-refractivity contribution in [1.29, 1.82) is 0 Å². The van der Waals surface area contributed by atoms with E-state index in [1.807, 2.05) is 51.1 Å². The largest absolute Gasteiger partial charge is 0.493 e. The number of carbonyl (C=O) groups excluding carboxylic acids is 2. The van der Waals surface area contributed by atoms with E-state index in [4.69, 9.17) is 14.2 Å². The fraction of sp³-hybridized carbons (Fsp3) is 0.444. The summed E-state index contributed by atoms with van der Waals surface area (Å²) in [5, 5.41) is 0. The van der Waals surface area contributed by atoms with Gasteiger partial charge in [-0.1, -0.05) is 30.3 Å². The molecule has 1 aromatic carbocycles. The molecule has 0 N–H and O–H groups in total. The van der Waals surface area contributed by atoms with Gasteiger partial charge in [0.25, 0.3) is 5.91 Å². The van der Waals surface area contributed by atoms with Crippen LogP contribution in [-0.4, -0.2) is 42.1 Å². The van der Waals surface area contributed by atoms with Gasteiger partial charge in [0.2, 0.25) is 5.76 Å². The van der Waals surface area contributed by atoms with Crippen LogP contribution in [0.5, 0.6) is 0 Å². The van der Waals surface area contributed by atoms with Crippen molar-refractivity contribution in [3.63, 3.8) is 0 Å². The summed E-state index contributed by atoms with van der Waals surface area (Å²) >= 11 is 0. The van der Waals surface area contributed by atoms with Crippen LogP contribution < -0.4 is 0 Å². The maximum absolute atomic E-state index is 12.5. The van der Waals surface area contributed by atoms with Gasteiger partial charge in [0, 0.05) is 12.1 Å².